The van der Waals surface area contributed by atoms with E-state index in [1.54, 1.807) is 0 Å². The molecule has 1 saturated heterocycles. The predicted octanol–water partition coefficient (Wildman–Crippen LogP) is 3.65. The van der Waals surface area contributed by atoms with Gasteiger partial charge in [-0.15, -0.1) is 0 Å². The van der Waals surface area contributed by atoms with Gasteiger partial charge in [-0.2, -0.15) is 13.2 Å². The van der Waals surface area contributed by atoms with Gasteiger partial charge in [-0.1, -0.05) is 0 Å². The second-order valence-corrected chi connectivity index (χ2v) is 7.83. The van der Waals surface area contributed by atoms with E-state index in [1.807, 2.05) is 26.0 Å². The molecule has 0 atom stereocenters. The SMILES string of the molecule is CCOc1cc(CN2CCC(Nc3ncc(C(=O)O)c(C(F)(F)F)n3)CC2)cc(OCC)c1N. The Kier molecular flexibility index (Phi) is 8.02. The molecule has 0 radical (unpaired) electrons. The highest BCUT2D eigenvalue weighted by Crippen LogP contribution is 2.35. The molecule has 0 aliphatic carbocycles. The van der Waals surface area contributed by atoms with Crippen molar-refractivity contribution in [2.75, 3.05) is 37.4 Å². The van der Waals surface area contributed by atoms with Crippen molar-refractivity contribution < 1.29 is 32.5 Å². The monoisotopic (exact) mass is 483 g/mol. The molecule has 4 N–H and O–H groups in total. The van der Waals surface area contributed by atoms with Gasteiger partial charge in [0.15, 0.2) is 5.69 Å². The number of likely N-dealkylation sites (tertiary alicyclic amines) is 1. The molecule has 2 aromatic rings. The molecule has 0 bridgehead atoms. The highest BCUT2D eigenvalue weighted by Gasteiger charge is 2.38. The van der Waals surface area contributed by atoms with Gasteiger partial charge in [0, 0.05) is 31.9 Å². The van der Waals surface area contributed by atoms with Gasteiger partial charge in [0.2, 0.25) is 5.95 Å². The van der Waals surface area contributed by atoms with E-state index in [0.29, 0.717) is 69.1 Å². The molecule has 1 fully saturated rings. The molecule has 1 aromatic heterocycles. The van der Waals surface area contributed by atoms with E-state index >= 15 is 0 Å². The third kappa shape index (κ3) is 6.19. The zero-order chi connectivity index (χ0) is 24.9. The molecule has 3 rings (SSSR count). The van der Waals surface area contributed by atoms with Crippen molar-refractivity contribution in [1.82, 2.24) is 14.9 Å². The molecular formula is C22H28F3N5O4. The molecule has 0 amide bonds. The number of ether oxygens (including phenoxy) is 2. The quantitative estimate of drug-likeness (QED) is 0.459. The topological polar surface area (TPSA) is 123 Å². The second-order valence-electron chi connectivity index (χ2n) is 7.83. The van der Waals surface area contributed by atoms with Crippen LogP contribution in [0.15, 0.2) is 18.3 Å². The van der Waals surface area contributed by atoms with Crippen LogP contribution in [-0.2, 0) is 12.7 Å². The van der Waals surface area contributed by atoms with Crippen molar-refractivity contribution in [3.63, 3.8) is 0 Å². The summed E-state index contributed by atoms with van der Waals surface area (Å²) < 4.78 is 50.8. The Morgan fingerprint density at radius 2 is 1.79 bits per heavy atom. The average Bonchev–Trinajstić information content (AvgIpc) is 2.78. The van der Waals surface area contributed by atoms with Crippen LogP contribution in [0.25, 0.3) is 0 Å². The van der Waals surface area contributed by atoms with E-state index < -0.39 is 23.4 Å². The Morgan fingerprint density at radius 1 is 1.21 bits per heavy atom. The molecule has 186 valence electrons. The smallest absolute Gasteiger partial charge is 0.434 e. The molecule has 0 unspecified atom stereocenters. The fourth-order valence-corrected chi connectivity index (χ4v) is 3.80. The summed E-state index contributed by atoms with van der Waals surface area (Å²) in [5.74, 6) is -0.822. The molecule has 34 heavy (non-hydrogen) atoms. The summed E-state index contributed by atoms with van der Waals surface area (Å²) in [6, 6.07) is 3.64. The van der Waals surface area contributed by atoms with Crippen LogP contribution in [0.2, 0.25) is 0 Å². The van der Waals surface area contributed by atoms with Crippen LogP contribution in [0.5, 0.6) is 11.5 Å². The van der Waals surface area contributed by atoms with E-state index in [1.165, 1.54) is 0 Å². The third-order valence-corrected chi connectivity index (χ3v) is 5.38. The average molecular weight is 483 g/mol. The minimum absolute atomic E-state index is 0.141. The molecule has 1 aromatic carbocycles. The Bertz CT molecular complexity index is 984. The van der Waals surface area contributed by atoms with Crippen molar-refractivity contribution in [2.24, 2.45) is 0 Å². The van der Waals surface area contributed by atoms with Crippen LogP contribution in [0.1, 0.15) is 48.3 Å². The summed E-state index contributed by atoms with van der Waals surface area (Å²) in [7, 11) is 0. The van der Waals surface area contributed by atoms with Crippen molar-refractivity contribution >= 4 is 17.6 Å². The number of hydrogen-bond acceptors (Lipinski definition) is 8. The van der Waals surface area contributed by atoms with Crippen molar-refractivity contribution in [3.05, 3.63) is 35.2 Å². The number of piperidine rings is 1. The molecular weight excluding hydrogens is 455 g/mol. The number of rotatable bonds is 9. The summed E-state index contributed by atoms with van der Waals surface area (Å²) in [6.07, 6.45) is -2.91. The maximum absolute atomic E-state index is 13.2. The molecule has 12 heteroatoms. The Morgan fingerprint density at radius 3 is 2.29 bits per heavy atom. The van der Waals surface area contributed by atoms with Gasteiger partial charge in [0.05, 0.1) is 13.2 Å². The van der Waals surface area contributed by atoms with Crippen LogP contribution in [-0.4, -0.2) is 58.3 Å². The summed E-state index contributed by atoms with van der Waals surface area (Å²) in [4.78, 5) is 20.5. The van der Waals surface area contributed by atoms with Crippen LogP contribution in [0, 0.1) is 0 Å². The first kappa shape index (κ1) is 25.3. The number of nitrogens with two attached hydrogens (primary N) is 1. The fraction of sp³-hybridized carbons (Fsp3) is 0.500. The van der Waals surface area contributed by atoms with Gasteiger partial charge < -0.3 is 25.6 Å². The number of halogens is 3. The summed E-state index contributed by atoms with van der Waals surface area (Å²) in [6.45, 7) is 6.71. The zero-order valence-corrected chi connectivity index (χ0v) is 19.0. The van der Waals surface area contributed by atoms with E-state index in [-0.39, 0.29) is 12.0 Å². The highest BCUT2D eigenvalue weighted by molar-refractivity contribution is 5.88. The minimum atomic E-state index is -4.89. The standard InChI is InChI=1S/C22H28F3N5O4/c1-3-33-16-9-13(10-17(18(16)26)34-4-2)12-30-7-5-14(6-8-30)28-21-27-11-15(20(31)32)19(29-21)22(23,24)25/h9-11,14H,3-8,12,26H2,1-2H3,(H,31,32)(H,27,28,29). The number of nitrogens with zero attached hydrogens (tertiary/aromatic N) is 3. The molecule has 9 nitrogen and oxygen atoms in total. The van der Waals surface area contributed by atoms with Crippen molar-refractivity contribution in [1.29, 1.82) is 0 Å². The van der Waals surface area contributed by atoms with E-state index in [9.17, 15) is 18.0 Å². The largest absolute Gasteiger partial charge is 0.492 e. The van der Waals surface area contributed by atoms with Gasteiger partial charge in [-0.05, 0) is 44.4 Å². The Hall–Kier alpha value is -3.28. The normalized spacial score (nSPS) is 15.2. The van der Waals surface area contributed by atoms with Gasteiger partial charge in [-0.3, -0.25) is 4.90 Å². The van der Waals surface area contributed by atoms with Crippen LogP contribution >= 0.6 is 0 Å². The van der Waals surface area contributed by atoms with Gasteiger partial charge in [-0.25, -0.2) is 14.8 Å². The first-order valence-electron chi connectivity index (χ1n) is 11.0. The molecule has 1 aliphatic heterocycles. The number of aromatic carboxylic acids is 1. The minimum Gasteiger partial charge on any atom is -0.492 e. The van der Waals surface area contributed by atoms with E-state index in [0.717, 1.165) is 5.56 Å². The van der Waals surface area contributed by atoms with E-state index in [4.69, 9.17) is 20.3 Å². The maximum atomic E-state index is 13.2. The van der Waals surface area contributed by atoms with Crippen molar-refractivity contribution in [2.45, 2.75) is 45.5 Å². The summed E-state index contributed by atoms with van der Waals surface area (Å²) >= 11 is 0. The van der Waals surface area contributed by atoms with Crippen molar-refractivity contribution in [3.8, 4) is 11.5 Å². The number of carbonyl (C=O) groups is 1. The lowest BCUT2D eigenvalue weighted by atomic mass is 10.0. The zero-order valence-electron chi connectivity index (χ0n) is 19.0. The highest BCUT2D eigenvalue weighted by atomic mass is 19.4. The number of hydrogen-bond donors (Lipinski definition) is 3. The second kappa shape index (κ2) is 10.8. The number of benzene rings is 1. The number of aromatic nitrogens is 2. The number of anilines is 2. The van der Waals surface area contributed by atoms with Gasteiger partial charge >= 0.3 is 12.1 Å². The maximum Gasteiger partial charge on any atom is 0.434 e. The molecule has 0 spiro atoms. The molecule has 2 heterocycles. The van der Waals surface area contributed by atoms with Gasteiger partial charge in [0.1, 0.15) is 22.7 Å². The Balaban J connectivity index is 1.64. The first-order chi connectivity index (χ1) is 16.1. The lowest BCUT2D eigenvalue weighted by molar-refractivity contribution is -0.141. The van der Waals surface area contributed by atoms with Gasteiger partial charge in [0.25, 0.3) is 0 Å². The molecule has 1 aliphatic rings. The third-order valence-electron chi connectivity index (χ3n) is 5.38. The first-order valence-corrected chi connectivity index (χ1v) is 11.0. The number of alkyl halides is 3. The molecule has 0 saturated carbocycles. The number of nitrogen functional groups attached to an aromatic ring is 1. The Labute approximate surface area is 195 Å². The van der Waals surface area contributed by atoms with Crippen LogP contribution < -0.4 is 20.5 Å². The lowest BCUT2D eigenvalue weighted by Crippen LogP contribution is -2.39. The fourth-order valence-electron chi connectivity index (χ4n) is 3.80. The number of carboxylic acid groups (broad SMARTS) is 1. The van der Waals surface area contributed by atoms with E-state index in [2.05, 4.69) is 20.2 Å². The summed E-state index contributed by atoms with van der Waals surface area (Å²) in [5.41, 5.74) is 5.13. The van der Waals surface area contributed by atoms with Crippen LogP contribution in [0.4, 0.5) is 24.8 Å². The predicted molar refractivity (Wildman–Crippen MR) is 119 cm³/mol. The number of carboxylic acids is 1. The lowest BCUT2D eigenvalue weighted by Gasteiger charge is -2.32. The van der Waals surface area contributed by atoms with Crippen LogP contribution in [0.3, 0.4) is 0 Å². The number of nitrogens with one attached hydrogen (secondary N) is 1. The summed E-state index contributed by atoms with van der Waals surface area (Å²) in [5, 5.41) is 11.9.